The molecular weight excluding hydrogens is 317 g/mol. The van der Waals surface area contributed by atoms with Gasteiger partial charge in [0.2, 0.25) is 0 Å². The summed E-state index contributed by atoms with van der Waals surface area (Å²) < 4.78 is 14.4. The lowest BCUT2D eigenvalue weighted by Gasteiger charge is -2.19. The monoisotopic (exact) mass is 343 g/mol. The molecule has 0 aromatic heterocycles. The van der Waals surface area contributed by atoms with Gasteiger partial charge in [-0.2, -0.15) is 0 Å². The van der Waals surface area contributed by atoms with E-state index in [-0.39, 0.29) is 11.9 Å². The molecule has 0 aliphatic carbocycles. The van der Waals surface area contributed by atoms with Gasteiger partial charge in [0.05, 0.1) is 0 Å². The van der Waals surface area contributed by atoms with Crippen molar-refractivity contribution in [3.05, 3.63) is 34.1 Å². The largest absolute Gasteiger partial charge is 0.310 e. The Kier molecular flexibility index (Phi) is 9.12. The van der Waals surface area contributed by atoms with Crippen molar-refractivity contribution in [3.8, 4) is 0 Å². The summed E-state index contributed by atoms with van der Waals surface area (Å²) in [5.74, 6) is -0.163. The fourth-order valence-corrected chi connectivity index (χ4v) is 2.92. The molecule has 1 atom stereocenters. The molecule has 1 aromatic carbocycles. The molecule has 0 heterocycles. The molecule has 1 rings (SSSR count). The van der Waals surface area contributed by atoms with Crippen LogP contribution in [0.1, 0.15) is 70.4 Å². The van der Waals surface area contributed by atoms with Gasteiger partial charge in [0, 0.05) is 10.5 Å². The zero-order chi connectivity index (χ0) is 14.8. The first-order valence-corrected chi connectivity index (χ1v) is 8.66. The van der Waals surface area contributed by atoms with Gasteiger partial charge in [-0.25, -0.2) is 4.39 Å². The van der Waals surface area contributed by atoms with E-state index in [1.807, 2.05) is 6.07 Å². The third-order valence-corrected chi connectivity index (χ3v) is 3.98. The number of unbranched alkanes of at least 4 members (excludes halogenated alkanes) is 4. The first-order valence-electron chi connectivity index (χ1n) is 7.86. The van der Waals surface area contributed by atoms with Gasteiger partial charge in [0.15, 0.2) is 0 Å². The van der Waals surface area contributed by atoms with Gasteiger partial charge in [-0.1, -0.05) is 61.9 Å². The highest BCUT2D eigenvalue weighted by Gasteiger charge is 2.12. The Morgan fingerprint density at radius 1 is 1.05 bits per heavy atom. The van der Waals surface area contributed by atoms with E-state index in [1.54, 1.807) is 6.07 Å². The van der Waals surface area contributed by atoms with Gasteiger partial charge < -0.3 is 5.32 Å². The van der Waals surface area contributed by atoms with Crippen LogP contribution in [0.25, 0.3) is 0 Å². The highest BCUT2D eigenvalue weighted by Crippen LogP contribution is 2.24. The summed E-state index contributed by atoms with van der Waals surface area (Å²) in [5.41, 5.74) is 1.06. The number of hydrogen-bond acceptors (Lipinski definition) is 1. The summed E-state index contributed by atoms with van der Waals surface area (Å²) in [6.45, 7) is 5.37. The molecule has 0 bridgehead atoms. The molecule has 0 aliphatic heterocycles. The lowest BCUT2D eigenvalue weighted by Crippen LogP contribution is -2.22. The van der Waals surface area contributed by atoms with Gasteiger partial charge in [0.25, 0.3) is 0 Å². The lowest BCUT2D eigenvalue weighted by atomic mass is 9.99. The minimum absolute atomic E-state index is 0.163. The summed E-state index contributed by atoms with van der Waals surface area (Å²) in [6.07, 6.45) is 8.56. The van der Waals surface area contributed by atoms with Gasteiger partial charge >= 0.3 is 0 Å². The van der Waals surface area contributed by atoms with Crippen molar-refractivity contribution < 1.29 is 4.39 Å². The van der Waals surface area contributed by atoms with Crippen LogP contribution in [0.15, 0.2) is 22.7 Å². The number of benzene rings is 1. The molecule has 1 nitrogen and oxygen atoms in total. The summed E-state index contributed by atoms with van der Waals surface area (Å²) in [7, 11) is 0. The van der Waals surface area contributed by atoms with Gasteiger partial charge in [-0.3, -0.25) is 0 Å². The molecule has 1 N–H and O–H groups in total. The lowest BCUT2D eigenvalue weighted by molar-refractivity contribution is 0.465. The van der Waals surface area contributed by atoms with E-state index < -0.39 is 0 Å². The molecule has 0 saturated heterocycles. The maximum absolute atomic E-state index is 13.5. The zero-order valence-corrected chi connectivity index (χ0v) is 14.3. The van der Waals surface area contributed by atoms with Crippen LogP contribution in [0.2, 0.25) is 0 Å². The quantitative estimate of drug-likeness (QED) is 0.514. The van der Waals surface area contributed by atoms with Crippen molar-refractivity contribution in [2.75, 3.05) is 6.54 Å². The van der Waals surface area contributed by atoms with E-state index in [2.05, 4.69) is 35.1 Å². The van der Waals surface area contributed by atoms with Crippen molar-refractivity contribution in [2.24, 2.45) is 0 Å². The molecule has 1 unspecified atom stereocenters. The molecule has 20 heavy (non-hydrogen) atoms. The summed E-state index contributed by atoms with van der Waals surface area (Å²) in [5, 5.41) is 3.54. The Hall–Kier alpha value is -0.410. The SMILES string of the molecule is CCCCCCCC(NCCC)c1cc(F)cc(Br)c1. The Balaban J connectivity index is 2.58. The van der Waals surface area contributed by atoms with Crippen LogP contribution in [0.3, 0.4) is 0 Å². The average Bonchev–Trinajstić information content (AvgIpc) is 2.40. The van der Waals surface area contributed by atoms with Crippen LogP contribution < -0.4 is 5.32 Å². The van der Waals surface area contributed by atoms with Crippen LogP contribution in [0.5, 0.6) is 0 Å². The van der Waals surface area contributed by atoms with Gasteiger partial charge in [-0.15, -0.1) is 0 Å². The van der Waals surface area contributed by atoms with Crippen LogP contribution in [0, 0.1) is 5.82 Å². The van der Waals surface area contributed by atoms with Crippen LogP contribution in [-0.2, 0) is 0 Å². The zero-order valence-electron chi connectivity index (χ0n) is 12.7. The van der Waals surface area contributed by atoms with Crippen molar-refractivity contribution in [1.82, 2.24) is 5.32 Å². The van der Waals surface area contributed by atoms with Gasteiger partial charge in [0.1, 0.15) is 5.82 Å². The van der Waals surface area contributed by atoms with E-state index in [4.69, 9.17) is 0 Å². The third-order valence-electron chi connectivity index (χ3n) is 3.52. The minimum atomic E-state index is -0.163. The van der Waals surface area contributed by atoms with Crippen molar-refractivity contribution >= 4 is 15.9 Å². The normalized spacial score (nSPS) is 12.6. The second kappa shape index (κ2) is 10.3. The molecule has 0 amide bonds. The molecule has 114 valence electrons. The standard InChI is InChI=1S/C17H27BrFN/c1-3-5-6-7-8-9-17(20-10-4-2)14-11-15(18)13-16(19)12-14/h11-13,17,20H,3-10H2,1-2H3. The molecule has 3 heteroatoms. The van der Waals surface area contributed by atoms with E-state index in [0.29, 0.717) is 0 Å². The molecular formula is C17H27BrFN. The third kappa shape index (κ3) is 6.85. The average molecular weight is 344 g/mol. The molecule has 0 radical (unpaired) electrons. The highest BCUT2D eigenvalue weighted by atomic mass is 79.9. The maximum Gasteiger partial charge on any atom is 0.124 e. The maximum atomic E-state index is 13.5. The predicted octanol–water partition coefficient (Wildman–Crippen LogP) is 5.99. The number of hydrogen-bond donors (Lipinski definition) is 1. The fourth-order valence-electron chi connectivity index (χ4n) is 2.43. The van der Waals surface area contributed by atoms with E-state index in [9.17, 15) is 4.39 Å². The van der Waals surface area contributed by atoms with Gasteiger partial charge in [-0.05, 0) is 43.1 Å². The number of nitrogens with one attached hydrogen (secondary N) is 1. The first-order chi connectivity index (χ1) is 9.67. The van der Waals surface area contributed by atoms with Crippen molar-refractivity contribution in [1.29, 1.82) is 0 Å². The summed E-state index contributed by atoms with van der Waals surface area (Å²) in [4.78, 5) is 0. The summed E-state index contributed by atoms with van der Waals surface area (Å²) >= 11 is 3.38. The number of halogens is 2. The molecule has 0 aliphatic rings. The first kappa shape index (κ1) is 17.6. The van der Waals surface area contributed by atoms with Crippen LogP contribution >= 0.6 is 15.9 Å². The van der Waals surface area contributed by atoms with E-state index in [1.165, 1.54) is 38.2 Å². The van der Waals surface area contributed by atoms with Crippen LogP contribution in [0.4, 0.5) is 4.39 Å². The van der Waals surface area contributed by atoms with E-state index >= 15 is 0 Å². The molecule has 1 aromatic rings. The molecule has 0 fully saturated rings. The Labute approximate surface area is 131 Å². The van der Waals surface area contributed by atoms with Crippen molar-refractivity contribution in [3.63, 3.8) is 0 Å². The molecule has 0 saturated carbocycles. The Morgan fingerprint density at radius 2 is 1.80 bits per heavy atom. The topological polar surface area (TPSA) is 12.0 Å². The second-order valence-electron chi connectivity index (χ2n) is 5.41. The fraction of sp³-hybridized carbons (Fsp3) is 0.647. The highest BCUT2D eigenvalue weighted by molar-refractivity contribution is 9.10. The van der Waals surface area contributed by atoms with Crippen LogP contribution in [-0.4, -0.2) is 6.54 Å². The van der Waals surface area contributed by atoms with E-state index in [0.717, 1.165) is 29.4 Å². The number of rotatable bonds is 10. The molecule has 0 spiro atoms. The summed E-state index contributed by atoms with van der Waals surface area (Å²) in [6, 6.07) is 5.47. The second-order valence-corrected chi connectivity index (χ2v) is 6.33. The van der Waals surface area contributed by atoms with Crippen molar-refractivity contribution in [2.45, 2.75) is 64.8 Å². The smallest absolute Gasteiger partial charge is 0.124 e. The Morgan fingerprint density at radius 3 is 2.45 bits per heavy atom. The minimum Gasteiger partial charge on any atom is -0.310 e. The Bertz CT molecular complexity index is 361. The predicted molar refractivity (Wildman–Crippen MR) is 88.5 cm³/mol.